The second kappa shape index (κ2) is 5.26. The topological polar surface area (TPSA) is 48.9 Å². The molecule has 0 saturated carbocycles. The summed E-state index contributed by atoms with van der Waals surface area (Å²) in [6, 6.07) is 4.29. The molecule has 2 aromatic rings. The molecule has 4 heteroatoms. The lowest BCUT2D eigenvalue weighted by molar-refractivity contribution is -0.695. The average Bonchev–Trinajstić information content (AvgIpc) is 2.73. The van der Waals surface area contributed by atoms with Crippen LogP contribution in [0, 0.1) is 20.8 Å². The Kier molecular flexibility index (Phi) is 3.69. The fourth-order valence-corrected chi connectivity index (χ4v) is 2.46. The van der Waals surface area contributed by atoms with Crippen LogP contribution in [-0.4, -0.2) is 10.5 Å². The van der Waals surface area contributed by atoms with Crippen LogP contribution in [0.3, 0.4) is 0 Å². The van der Waals surface area contributed by atoms with E-state index in [-0.39, 0.29) is 6.42 Å². The van der Waals surface area contributed by atoms with E-state index in [0.717, 1.165) is 5.69 Å². The van der Waals surface area contributed by atoms with Crippen LogP contribution in [0.5, 0.6) is 0 Å². The first-order valence-corrected chi connectivity index (χ1v) is 6.32. The second-order valence-corrected chi connectivity index (χ2v) is 4.93. The summed E-state index contributed by atoms with van der Waals surface area (Å²) in [7, 11) is 0. The van der Waals surface area contributed by atoms with Gasteiger partial charge in [0.25, 0.3) is 0 Å². The highest BCUT2D eigenvalue weighted by Gasteiger charge is 2.12. The molecule has 2 rings (SSSR count). The summed E-state index contributed by atoms with van der Waals surface area (Å²) < 4.78 is 3.88. The molecule has 0 fully saturated rings. The number of hydrogen-bond acceptors (Lipinski definition) is 2. The predicted molar refractivity (Wildman–Crippen MR) is 69.8 cm³/mol. The number of hydrogen-bond donors (Lipinski definition) is 0. The van der Waals surface area contributed by atoms with Crippen LogP contribution in [-0.2, 0) is 11.3 Å². The number of carbonyl (C=O) groups excluding carboxylic acids is 1. The summed E-state index contributed by atoms with van der Waals surface area (Å²) in [5, 5.41) is 10.5. The molecular formula is C15H18N2O2. The van der Waals surface area contributed by atoms with E-state index < -0.39 is 5.97 Å². The second-order valence-electron chi connectivity index (χ2n) is 4.93. The highest BCUT2D eigenvalue weighted by atomic mass is 16.4. The van der Waals surface area contributed by atoms with Gasteiger partial charge in [0.15, 0.2) is 0 Å². The number of carboxylic acid groups (broad SMARTS) is 1. The molecule has 0 N–H and O–H groups in total. The zero-order chi connectivity index (χ0) is 14.0. The number of carbonyl (C=O) groups is 1. The third-order valence-corrected chi connectivity index (χ3v) is 3.16. The van der Waals surface area contributed by atoms with Gasteiger partial charge < -0.3 is 9.90 Å². The van der Waals surface area contributed by atoms with Gasteiger partial charge in [-0.05, 0) is 31.9 Å². The molecule has 0 spiro atoms. The summed E-state index contributed by atoms with van der Waals surface area (Å²) in [4.78, 5) is 10.5. The minimum absolute atomic E-state index is 0.0283. The largest absolute Gasteiger partial charge is 0.550 e. The van der Waals surface area contributed by atoms with Gasteiger partial charge in [-0.25, -0.2) is 9.13 Å². The van der Waals surface area contributed by atoms with Crippen LogP contribution in [0.4, 0.5) is 0 Å². The molecule has 0 atom stereocenters. The first kappa shape index (κ1) is 13.3. The molecular weight excluding hydrogens is 240 g/mol. The van der Waals surface area contributed by atoms with E-state index in [9.17, 15) is 9.90 Å². The Labute approximate surface area is 112 Å². The molecule has 19 heavy (non-hydrogen) atoms. The number of aryl methyl sites for hydroxylation is 4. The fraction of sp³-hybridized carbons (Fsp3) is 0.333. The van der Waals surface area contributed by atoms with E-state index in [1.165, 1.54) is 16.7 Å². The van der Waals surface area contributed by atoms with Gasteiger partial charge in [-0.1, -0.05) is 17.7 Å². The number of nitrogens with zero attached hydrogens (tertiary/aromatic N) is 2. The van der Waals surface area contributed by atoms with E-state index in [4.69, 9.17) is 0 Å². The Morgan fingerprint density at radius 1 is 1.26 bits per heavy atom. The number of rotatable bonds is 4. The quantitative estimate of drug-likeness (QED) is 0.763. The number of aromatic nitrogens is 2. The molecule has 1 aromatic carbocycles. The van der Waals surface area contributed by atoms with E-state index in [1.807, 2.05) is 27.9 Å². The van der Waals surface area contributed by atoms with Gasteiger partial charge in [0.2, 0.25) is 6.33 Å². The molecule has 0 aliphatic rings. The van der Waals surface area contributed by atoms with Gasteiger partial charge in [-0.3, -0.25) is 0 Å². The van der Waals surface area contributed by atoms with Crippen molar-refractivity contribution in [1.82, 2.24) is 4.57 Å². The van der Waals surface area contributed by atoms with Crippen LogP contribution in [0.2, 0.25) is 0 Å². The van der Waals surface area contributed by atoms with Gasteiger partial charge >= 0.3 is 0 Å². The van der Waals surface area contributed by atoms with Crippen molar-refractivity contribution in [1.29, 1.82) is 0 Å². The summed E-state index contributed by atoms with van der Waals surface area (Å²) in [5.74, 6) is -1.03. The predicted octanol–water partition coefficient (Wildman–Crippen LogP) is 0.830. The van der Waals surface area contributed by atoms with E-state index in [1.54, 1.807) is 0 Å². The lowest BCUT2D eigenvalue weighted by Crippen LogP contribution is -2.35. The first-order valence-electron chi connectivity index (χ1n) is 6.32. The highest BCUT2D eigenvalue weighted by molar-refractivity contribution is 5.63. The molecule has 0 unspecified atom stereocenters. The van der Waals surface area contributed by atoms with Crippen LogP contribution < -0.4 is 9.67 Å². The van der Waals surface area contributed by atoms with Crippen LogP contribution in [0.1, 0.15) is 23.1 Å². The van der Waals surface area contributed by atoms with Crippen molar-refractivity contribution in [2.75, 3.05) is 0 Å². The fourth-order valence-electron chi connectivity index (χ4n) is 2.46. The Morgan fingerprint density at radius 3 is 2.47 bits per heavy atom. The number of benzene rings is 1. The van der Waals surface area contributed by atoms with Crippen molar-refractivity contribution >= 4 is 5.97 Å². The standard InChI is InChI=1S/C15H18N2O2/c1-11-8-12(2)15(13(3)9-11)17-7-6-16(10-17)5-4-14(18)19/h6-10H,4-5H2,1-3H3. The van der Waals surface area contributed by atoms with Crippen molar-refractivity contribution in [3.8, 4) is 5.69 Å². The maximum Gasteiger partial charge on any atom is 0.249 e. The summed E-state index contributed by atoms with van der Waals surface area (Å²) in [6.07, 6.45) is 5.76. The number of imidazole rings is 1. The summed E-state index contributed by atoms with van der Waals surface area (Å²) in [6.45, 7) is 6.68. The zero-order valence-electron chi connectivity index (χ0n) is 11.5. The Hall–Kier alpha value is -2.10. The minimum atomic E-state index is -1.03. The van der Waals surface area contributed by atoms with E-state index in [2.05, 4.69) is 32.9 Å². The molecule has 0 saturated heterocycles. The first-order chi connectivity index (χ1) is 8.97. The van der Waals surface area contributed by atoms with Gasteiger partial charge in [-0.2, -0.15) is 0 Å². The van der Waals surface area contributed by atoms with Gasteiger partial charge in [0, 0.05) is 12.4 Å². The van der Waals surface area contributed by atoms with Crippen molar-refractivity contribution in [3.05, 3.63) is 47.5 Å². The lowest BCUT2D eigenvalue weighted by Gasteiger charge is -2.07. The monoisotopic (exact) mass is 258 g/mol. The minimum Gasteiger partial charge on any atom is -0.550 e. The van der Waals surface area contributed by atoms with Crippen molar-refractivity contribution < 1.29 is 14.5 Å². The summed E-state index contributed by atoms with van der Waals surface area (Å²) in [5.41, 5.74) is 4.81. The Bertz CT molecular complexity index is 591. The lowest BCUT2D eigenvalue weighted by atomic mass is 10.1. The maximum atomic E-state index is 10.5. The highest BCUT2D eigenvalue weighted by Crippen LogP contribution is 2.20. The third-order valence-electron chi connectivity index (χ3n) is 3.16. The van der Waals surface area contributed by atoms with Crippen molar-refractivity contribution in [2.24, 2.45) is 0 Å². The van der Waals surface area contributed by atoms with Crippen LogP contribution in [0.15, 0.2) is 30.9 Å². The molecule has 100 valence electrons. The zero-order valence-corrected chi connectivity index (χ0v) is 11.5. The van der Waals surface area contributed by atoms with Gasteiger partial charge in [0.1, 0.15) is 18.1 Å². The normalized spacial score (nSPS) is 10.7. The molecule has 0 bridgehead atoms. The molecule has 0 radical (unpaired) electrons. The van der Waals surface area contributed by atoms with Crippen molar-refractivity contribution in [2.45, 2.75) is 33.7 Å². The molecule has 1 aromatic heterocycles. The smallest absolute Gasteiger partial charge is 0.249 e. The van der Waals surface area contributed by atoms with Crippen LogP contribution in [0.25, 0.3) is 5.69 Å². The molecule has 0 amide bonds. The van der Waals surface area contributed by atoms with Crippen molar-refractivity contribution in [3.63, 3.8) is 0 Å². The molecule has 4 nitrogen and oxygen atoms in total. The van der Waals surface area contributed by atoms with Gasteiger partial charge in [-0.15, -0.1) is 0 Å². The molecule has 1 heterocycles. The van der Waals surface area contributed by atoms with E-state index in [0.29, 0.717) is 6.54 Å². The average molecular weight is 258 g/mol. The molecule has 0 aliphatic carbocycles. The maximum absolute atomic E-state index is 10.5. The number of carboxylic acids is 1. The number of aliphatic carboxylic acids is 1. The molecule has 0 aliphatic heterocycles. The third kappa shape index (κ3) is 3.02. The van der Waals surface area contributed by atoms with Crippen LogP contribution >= 0.6 is 0 Å². The Morgan fingerprint density at radius 2 is 1.89 bits per heavy atom. The SMILES string of the molecule is Cc1cc(C)c(-n2cc[n+](CCC(=O)[O-])c2)c(C)c1. The Balaban J connectivity index is 2.30. The van der Waals surface area contributed by atoms with E-state index >= 15 is 0 Å². The van der Waals surface area contributed by atoms with Gasteiger partial charge in [0.05, 0.1) is 6.54 Å². The summed E-state index contributed by atoms with van der Waals surface area (Å²) >= 11 is 0.